The fourth-order valence-corrected chi connectivity index (χ4v) is 3.19. The van der Waals surface area contributed by atoms with Crippen LogP contribution < -0.4 is 4.74 Å². The Hall–Kier alpha value is -3.58. The molecule has 29 heavy (non-hydrogen) atoms. The third-order valence-electron chi connectivity index (χ3n) is 4.78. The zero-order chi connectivity index (χ0) is 20.5. The van der Waals surface area contributed by atoms with Gasteiger partial charge in [-0.2, -0.15) is 5.26 Å². The summed E-state index contributed by atoms with van der Waals surface area (Å²) in [5.41, 5.74) is 4.67. The molecule has 0 aromatic heterocycles. The number of aromatic carboxylic acids is 1. The fraction of sp³-hybridized carbons (Fsp3) is 0.200. The second kappa shape index (κ2) is 10.1. The third kappa shape index (κ3) is 5.95. The molecule has 0 amide bonds. The minimum absolute atomic E-state index is 0.283. The predicted molar refractivity (Wildman–Crippen MR) is 112 cm³/mol. The molecule has 0 aliphatic heterocycles. The van der Waals surface area contributed by atoms with E-state index < -0.39 is 5.97 Å². The van der Waals surface area contributed by atoms with Gasteiger partial charge in [0.1, 0.15) is 5.75 Å². The lowest BCUT2D eigenvalue weighted by atomic mass is 10.0. The molecule has 3 aromatic carbocycles. The Balaban J connectivity index is 1.65. The zero-order valence-corrected chi connectivity index (χ0v) is 16.2. The summed E-state index contributed by atoms with van der Waals surface area (Å²) in [5, 5.41) is 18.0. The van der Waals surface area contributed by atoms with Crippen LogP contribution in [0.4, 0.5) is 0 Å². The van der Waals surface area contributed by atoms with E-state index in [9.17, 15) is 4.79 Å². The van der Waals surface area contributed by atoms with E-state index in [1.54, 1.807) is 12.1 Å². The largest absolute Gasteiger partial charge is 0.493 e. The van der Waals surface area contributed by atoms with Crippen molar-refractivity contribution in [1.82, 2.24) is 0 Å². The van der Waals surface area contributed by atoms with Crippen molar-refractivity contribution in [3.8, 4) is 11.8 Å². The van der Waals surface area contributed by atoms with Gasteiger partial charge in [-0.1, -0.05) is 54.6 Å². The second-order valence-electron chi connectivity index (χ2n) is 6.86. The molecule has 0 aliphatic carbocycles. The maximum absolute atomic E-state index is 10.9. The topological polar surface area (TPSA) is 70.3 Å². The molecule has 0 radical (unpaired) electrons. The number of hydrogen-bond acceptors (Lipinski definition) is 3. The van der Waals surface area contributed by atoms with Crippen molar-refractivity contribution in [2.24, 2.45) is 0 Å². The van der Waals surface area contributed by atoms with Gasteiger partial charge in [0.15, 0.2) is 0 Å². The number of carboxylic acid groups (broad SMARTS) is 1. The Morgan fingerprint density at radius 2 is 1.55 bits per heavy atom. The second-order valence-corrected chi connectivity index (χ2v) is 6.86. The number of nitrogens with zero attached hydrogens (tertiary/aromatic N) is 1. The maximum atomic E-state index is 10.9. The van der Waals surface area contributed by atoms with Crippen molar-refractivity contribution in [3.63, 3.8) is 0 Å². The lowest BCUT2D eigenvalue weighted by molar-refractivity contribution is 0.0697. The van der Waals surface area contributed by atoms with Gasteiger partial charge >= 0.3 is 5.97 Å². The monoisotopic (exact) mass is 385 g/mol. The van der Waals surface area contributed by atoms with Crippen molar-refractivity contribution in [1.29, 1.82) is 5.26 Å². The van der Waals surface area contributed by atoms with Gasteiger partial charge in [-0.25, -0.2) is 4.79 Å². The highest BCUT2D eigenvalue weighted by atomic mass is 16.5. The first-order valence-corrected chi connectivity index (χ1v) is 9.63. The molecule has 3 rings (SSSR count). The molecular formula is C25H23NO3. The molecule has 0 spiro atoms. The van der Waals surface area contributed by atoms with Crippen LogP contribution in [0.15, 0.2) is 72.8 Å². The highest BCUT2D eigenvalue weighted by Crippen LogP contribution is 2.23. The van der Waals surface area contributed by atoms with Gasteiger partial charge in [-0.3, -0.25) is 0 Å². The number of rotatable bonds is 9. The summed E-state index contributed by atoms with van der Waals surface area (Å²) >= 11 is 0. The van der Waals surface area contributed by atoms with Crippen LogP contribution in [0.2, 0.25) is 0 Å². The molecule has 4 heteroatoms. The van der Waals surface area contributed by atoms with E-state index in [1.165, 1.54) is 5.56 Å². The average molecular weight is 385 g/mol. The summed E-state index contributed by atoms with van der Waals surface area (Å²) in [7, 11) is 0. The third-order valence-corrected chi connectivity index (χ3v) is 4.78. The SMILES string of the molecule is N#CCc1ccc(OCCc2ccc(C(=O)O)cc2)c(CCc2ccccc2)c1. The number of nitriles is 1. The van der Waals surface area contributed by atoms with E-state index in [-0.39, 0.29) is 5.56 Å². The van der Waals surface area contributed by atoms with Crippen LogP contribution in [0.3, 0.4) is 0 Å². The highest BCUT2D eigenvalue weighted by molar-refractivity contribution is 5.87. The van der Waals surface area contributed by atoms with E-state index in [0.29, 0.717) is 19.4 Å². The van der Waals surface area contributed by atoms with Gasteiger partial charge in [0.05, 0.1) is 24.7 Å². The summed E-state index contributed by atoms with van der Waals surface area (Å²) in [6, 6.07) is 25.3. The molecule has 0 saturated carbocycles. The number of benzene rings is 3. The number of aryl methyl sites for hydroxylation is 2. The van der Waals surface area contributed by atoms with Crippen LogP contribution in [-0.2, 0) is 25.7 Å². The molecule has 3 aromatic rings. The molecule has 1 N–H and O–H groups in total. The molecule has 0 atom stereocenters. The smallest absolute Gasteiger partial charge is 0.335 e. The molecular weight excluding hydrogens is 362 g/mol. The Kier molecular flexibility index (Phi) is 7.02. The van der Waals surface area contributed by atoms with Crippen LogP contribution >= 0.6 is 0 Å². The minimum Gasteiger partial charge on any atom is -0.493 e. The van der Waals surface area contributed by atoms with Crippen LogP contribution in [0.25, 0.3) is 0 Å². The molecule has 0 fully saturated rings. The summed E-state index contributed by atoms with van der Waals surface area (Å²) in [4.78, 5) is 10.9. The molecule has 0 aliphatic rings. The molecule has 0 heterocycles. The van der Waals surface area contributed by atoms with Crippen LogP contribution in [0.5, 0.6) is 5.75 Å². The first kappa shape index (κ1) is 20.2. The number of ether oxygens (including phenoxy) is 1. The Morgan fingerprint density at radius 1 is 0.862 bits per heavy atom. The van der Waals surface area contributed by atoms with Gasteiger partial charge in [0.25, 0.3) is 0 Å². The normalized spacial score (nSPS) is 10.3. The fourth-order valence-electron chi connectivity index (χ4n) is 3.19. The number of carbonyl (C=O) groups is 1. The van der Waals surface area contributed by atoms with Crippen molar-refractivity contribution >= 4 is 5.97 Å². The summed E-state index contributed by atoms with van der Waals surface area (Å²) in [6.07, 6.45) is 2.82. The Morgan fingerprint density at radius 3 is 2.24 bits per heavy atom. The minimum atomic E-state index is -0.923. The predicted octanol–water partition coefficient (Wildman–Crippen LogP) is 4.86. The highest BCUT2D eigenvalue weighted by Gasteiger charge is 2.07. The Bertz CT molecular complexity index is 989. The summed E-state index contributed by atoms with van der Waals surface area (Å²) in [6.45, 7) is 0.502. The van der Waals surface area contributed by atoms with Crippen molar-refractivity contribution in [3.05, 3.63) is 101 Å². The van der Waals surface area contributed by atoms with Crippen molar-refractivity contribution in [2.45, 2.75) is 25.7 Å². The van der Waals surface area contributed by atoms with E-state index in [2.05, 4.69) is 24.3 Å². The average Bonchev–Trinajstić information content (AvgIpc) is 2.75. The van der Waals surface area contributed by atoms with Gasteiger partial charge < -0.3 is 9.84 Å². The van der Waals surface area contributed by atoms with Gasteiger partial charge in [-0.15, -0.1) is 0 Å². The lowest BCUT2D eigenvalue weighted by Gasteiger charge is -2.13. The van der Waals surface area contributed by atoms with E-state index >= 15 is 0 Å². The number of carboxylic acids is 1. The van der Waals surface area contributed by atoms with Gasteiger partial charge in [0.2, 0.25) is 0 Å². The van der Waals surface area contributed by atoms with Crippen molar-refractivity contribution < 1.29 is 14.6 Å². The first-order chi connectivity index (χ1) is 14.2. The lowest BCUT2D eigenvalue weighted by Crippen LogP contribution is -2.05. The summed E-state index contributed by atoms with van der Waals surface area (Å²) < 4.78 is 6.04. The molecule has 0 unspecified atom stereocenters. The quantitative estimate of drug-likeness (QED) is 0.571. The Labute approximate surface area is 171 Å². The molecule has 4 nitrogen and oxygen atoms in total. The molecule has 146 valence electrons. The molecule has 0 bridgehead atoms. The van der Waals surface area contributed by atoms with E-state index in [0.717, 1.165) is 35.3 Å². The standard InChI is InChI=1S/C25H23NO3/c26-16-14-21-9-13-24(23(18-21)12-8-19-4-2-1-3-5-19)29-17-15-20-6-10-22(11-7-20)25(27)28/h1-7,9-11,13,18H,8,12,14-15,17H2,(H,27,28). The maximum Gasteiger partial charge on any atom is 0.335 e. The molecule has 0 saturated heterocycles. The van der Waals surface area contributed by atoms with Crippen LogP contribution in [0.1, 0.15) is 32.6 Å². The zero-order valence-electron chi connectivity index (χ0n) is 16.2. The van der Waals surface area contributed by atoms with Crippen LogP contribution in [-0.4, -0.2) is 17.7 Å². The summed E-state index contributed by atoms with van der Waals surface area (Å²) in [5.74, 6) is -0.0851. The first-order valence-electron chi connectivity index (χ1n) is 9.63. The van der Waals surface area contributed by atoms with E-state index in [4.69, 9.17) is 15.1 Å². The van der Waals surface area contributed by atoms with Gasteiger partial charge in [-0.05, 0) is 53.3 Å². The van der Waals surface area contributed by atoms with Crippen molar-refractivity contribution in [2.75, 3.05) is 6.61 Å². The van der Waals surface area contributed by atoms with Crippen LogP contribution in [0, 0.1) is 11.3 Å². The van der Waals surface area contributed by atoms with Gasteiger partial charge in [0, 0.05) is 6.42 Å². The number of hydrogen-bond donors (Lipinski definition) is 1. The van der Waals surface area contributed by atoms with E-state index in [1.807, 2.05) is 42.5 Å².